The number of aromatic nitrogens is 2. The number of aromatic amines is 1. The highest BCUT2D eigenvalue weighted by atomic mass is 14.8. The van der Waals surface area contributed by atoms with Crippen LogP contribution in [0.2, 0.25) is 0 Å². The van der Waals surface area contributed by atoms with Crippen molar-refractivity contribution in [1.82, 2.24) is 9.97 Å². The number of aryl methyl sites for hydroxylation is 1. The fraction of sp³-hybridized carbons (Fsp3) is 0.0714. The van der Waals surface area contributed by atoms with Crippen LogP contribution in [0.25, 0.3) is 22.2 Å². The van der Waals surface area contributed by atoms with Gasteiger partial charge in [-0.25, -0.2) is 0 Å². The van der Waals surface area contributed by atoms with Gasteiger partial charge >= 0.3 is 0 Å². The maximum atomic E-state index is 4.58. The van der Waals surface area contributed by atoms with E-state index in [9.17, 15) is 0 Å². The van der Waals surface area contributed by atoms with Gasteiger partial charge in [-0.05, 0) is 24.6 Å². The number of pyridine rings is 1. The zero-order valence-corrected chi connectivity index (χ0v) is 9.07. The van der Waals surface area contributed by atoms with Gasteiger partial charge < -0.3 is 4.98 Å². The summed E-state index contributed by atoms with van der Waals surface area (Å²) in [5.41, 5.74) is 5.55. The third-order valence-electron chi connectivity index (χ3n) is 2.75. The zero-order valence-electron chi connectivity index (χ0n) is 9.07. The molecular formula is C14H12N2. The van der Waals surface area contributed by atoms with Crippen molar-refractivity contribution in [3.05, 3.63) is 54.4 Å². The van der Waals surface area contributed by atoms with E-state index in [0.717, 1.165) is 16.7 Å². The van der Waals surface area contributed by atoms with Gasteiger partial charge in [0.2, 0.25) is 0 Å². The molecule has 16 heavy (non-hydrogen) atoms. The van der Waals surface area contributed by atoms with Gasteiger partial charge in [-0.15, -0.1) is 0 Å². The number of hydrogen-bond acceptors (Lipinski definition) is 1. The van der Waals surface area contributed by atoms with Crippen molar-refractivity contribution in [3.63, 3.8) is 0 Å². The number of benzene rings is 1. The van der Waals surface area contributed by atoms with Crippen LogP contribution in [0.1, 0.15) is 5.69 Å². The molecule has 0 fully saturated rings. The highest BCUT2D eigenvalue weighted by molar-refractivity contribution is 5.92. The number of hydrogen-bond donors (Lipinski definition) is 1. The van der Waals surface area contributed by atoms with Gasteiger partial charge in [0.05, 0.1) is 11.0 Å². The minimum atomic E-state index is 1.05. The van der Waals surface area contributed by atoms with Crippen LogP contribution in [-0.2, 0) is 0 Å². The molecule has 0 radical (unpaired) electrons. The fourth-order valence-corrected chi connectivity index (χ4v) is 1.93. The van der Waals surface area contributed by atoms with Gasteiger partial charge in [-0.2, -0.15) is 0 Å². The van der Waals surface area contributed by atoms with Crippen LogP contribution in [-0.4, -0.2) is 9.97 Å². The van der Waals surface area contributed by atoms with E-state index in [2.05, 4.69) is 28.2 Å². The maximum absolute atomic E-state index is 4.58. The number of nitrogens with zero attached hydrogens (tertiary/aromatic N) is 1. The Labute approximate surface area is 94.0 Å². The predicted octanol–water partition coefficient (Wildman–Crippen LogP) is 3.54. The molecule has 78 valence electrons. The van der Waals surface area contributed by atoms with Crippen molar-refractivity contribution in [1.29, 1.82) is 0 Å². The first-order valence-electron chi connectivity index (χ1n) is 5.35. The smallest absolute Gasteiger partial charge is 0.0960 e. The largest absolute Gasteiger partial charge is 0.359 e. The molecule has 2 aromatic heterocycles. The maximum Gasteiger partial charge on any atom is 0.0960 e. The van der Waals surface area contributed by atoms with E-state index in [1.807, 2.05) is 37.4 Å². The molecule has 0 bridgehead atoms. The number of H-pyrrole nitrogens is 1. The van der Waals surface area contributed by atoms with Gasteiger partial charge in [-0.3, -0.25) is 4.98 Å². The first-order chi connectivity index (χ1) is 7.84. The van der Waals surface area contributed by atoms with Crippen molar-refractivity contribution < 1.29 is 0 Å². The standard InChI is InChI=1S/C14H12N2/c1-10-7-8-13-14(16-10)12(9-15-13)11-5-3-2-4-6-11/h2-9,15H,1H3. The average Bonchev–Trinajstić information content (AvgIpc) is 2.73. The Morgan fingerprint density at radius 2 is 1.81 bits per heavy atom. The quantitative estimate of drug-likeness (QED) is 0.651. The molecule has 0 atom stereocenters. The monoisotopic (exact) mass is 208 g/mol. The van der Waals surface area contributed by atoms with E-state index in [4.69, 9.17) is 0 Å². The second kappa shape index (κ2) is 3.49. The molecule has 2 heterocycles. The van der Waals surface area contributed by atoms with Crippen molar-refractivity contribution in [2.24, 2.45) is 0 Å². The molecule has 0 aliphatic carbocycles. The summed E-state index contributed by atoms with van der Waals surface area (Å²) in [6, 6.07) is 14.4. The van der Waals surface area contributed by atoms with Crippen LogP contribution in [0.4, 0.5) is 0 Å². The summed E-state index contributed by atoms with van der Waals surface area (Å²) in [5, 5.41) is 0. The topological polar surface area (TPSA) is 28.7 Å². The first kappa shape index (κ1) is 9.16. The molecule has 0 unspecified atom stereocenters. The van der Waals surface area contributed by atoms with E-state index in [1.165, 1.54) is 11.1 Å². The van der Waals surface area contributed by atoms with E-state index in [-0.39, 0.29) is 0 Å². The lowest BCUT2D eigenvalue weighted by atomic mass is 10.1. The van der Waals surface area contributed by atoms with E-state index < -0.39 is 0 Å². The summed E-state index contributed by atoms with van der Waals surface area (Å²) < 4.78 is 0. The van der Waals surface area contributed by atoms with Crippen molar-refractivity contribution >= 4 is 11.0 Å². The summed E-state index contributed by atoms with van der Waals surface area (Å²) in [5.74, 6) is 0. The molecule has 0 amide bonds. The fourth-order valence-electron chi connectivity index (χ4n) is 1.93. The minimum absolute atomic E-state index is 1.05. The molecule has 1 N–H and O–H groups in total. The first-order valence-corrected chi connectivity index (χ1v) is 5.35. The van der Waals surface area contributed by atoms with E-state index in [0.29, 0.717) is 0 Å². The molecule has 1 aromatic carbocycles. The number of rotatable bonds is 1. The Kier molecular flexibility index (Phi) is 2.00. The van der Waals surface area contributed by atoms with E-state index >= 15 is 0 Å². The summed E-state index contributed by atoms with van der Waals surface area (Å²) in [6.45, 7) is 2.02. The molecule has 0 saturated heterocycles. The van der Waals surface area contributed by atoms with Crippen molar-refractivity contribution in [3.8, 4) is 11.1 Å². The predicted molar refractivity (Wildman–Crippen MR) is 66.3 cm³/mol. The van der Waals surface area contributed by atoms with Gasteiger partial charge in [0.25, 0.3) is 0 Å². The van der Waals surface area contributed by atoms with Gasteiger partial charge in [0.15, 0.2) is 0 Å². The highest BCUT2D eigenvalue weighted by Crippen LogP contribution is 2.26. The minimum Gasteiger partial charge on any atom is -0.359 e. The summed E-state index contributed by atoms with van der Waals surface area (Å²) >= 11 is 0. The van der Waals surface area contributed by atoms with Crippen LogP contribution in [0.5, 0.6) is 0 Å². The molecule has 0 aliphatic rings. The van der Waals surface area contributed by atoms with Crippen LogP contribution in [0.3, 0.4) is 0 Å². The Balaban J connectivity index is 2.29. The van der Waals surface area contributed by atoms with Crippen molar-refractivity contribution in [2.45, 2.75) is 6.92 Å². The van der Waals surface area contributed by atoms with Gasteiger partial charge in [0, 0.05) is 17.5 Å². The second-order valence-corrected chi connectivity index (χ2v) is 3.92. The lowest BCUT2D eigenvalue weighted by Gasteiger charge is -1.98. The van der Waals surface area contributed by atoms with Gasteiger partial charge in [-0.1, -0.05) is 30.3 Å². The van der Waals surface area contributed by atoms with Crippen LogP contribution < -0.4 is 0 Å². The highest BCUT2D eigenvalue weighted by Gasteiger charge is 2.06. The van der Waals surface area contributed by atoms with E-state index in [1.54, 1.807) is 0 Å². The molecule has 0 spiro atoms. The summed E-state index contributed by atoms with van der Waals surface area (Å²) in [4.78, 5) is 7.83. The molecule has 3 rings (SSSR count). The third kappa shape index (κ3) is 1.39. The van der Waals surface area contributed by atoms with Crippen LogP contribution >= 0.6 is 0 Å². The molecule has 0 saturated carbocycles. The normalized spacial score (nSPS) is 10.8. The average molecular weight is 208 g/mol. The lowest BCUT2D eigenvalue weighted by Crippen LogP contribution is -1.82. The molecule has 0 aliphatic heterocycles. The Morgan fingerprint density at radius 3 is 2.62 bits per heavy atom. The number of fused-ring (bicyclic) bond motifs is 1. The third-order valence-corrected chi connectivity index (χ3v) is 2.75. The Bertz CT molecular complexity index is 624. The lowest BCUT2D eigenvalue weighted by molar-refractivity contribution is 1.26. The molecular weight excluding hydrogens is 196 g/mol. The number of nitrogens with one attached hydrogen (secondary N) is 1. The SMILES string of the molecule is Cc1ccc2[nH]cc(-c3ccccc3)c2n1. The van der Waals surface area contributed by atoms with Crippen LogP contribution in [0, 0.1) is 6.92 Å². The molecule has 2 nitrogen and oxygen atoms in total. The zero-order chi connectivity index (χ0) is 11.0. The summed E-state index contributed by atoms with van der Waals surface area (Å²) in [7, 11) is 0. The Morgan fingerprint density at radius 1 is 1.00 bits per heavy atom. The van der Waals surface area contributed by atoms with Crippen molar-refractivity contribution in [2.75, 3.05) is 0 Å². The molecule has 3 aromatic rings. The second-order valence-electron chi connectivity index (χ2n) is 3.92. The van der Waals surface area contributed by atoms with Gasteiger partial charge in [0.1, 0.15) is 0 Å². The molecule has 2 heteroatoms. The van der Waals surface area contributed by atoms with Crippen LogP contribution in [0.15, 0.2) is 48.7 Å². The Hall–Kier alpha value is -2.09. The summed E-state index contributed by atoms with van der Waals surface area (Å²) in [6.07, 6.45) is 2.02.